The number of thiophene rings is 1. The lowest BCUT2D eigenvalue weighted by molar-refractivity contribution is 0.0184. The predicted molar refractivity (Wildman–Crippen MR) is 91.7 cm³/mol. The van der Waals surface area contributed by atoms with E-state index >= 15 is 0 Å². The third-order valence-electron chi connectivity index (χ3n) is 4.11. The fourth-order valence-electron chi connectivity index (χ4n) is 2.80. The Morgan fingerprint density at radius 1 is 1.39 bits per heavy atom. The molecule has 0 amide bonds. The number of pyridine rings is 1. The summed E-state index contributed by atoms with van der Waals surface area (Å²) < 4.78 is 5.49. The average Bonchev–Trinajstić information content (AvgIpc) is 3.14. The van der Waals surface area contributed by atoms with Crippen LogP contribution >= 0.6 is 11.3 Å². The van der Waals surface area contributed by atoms with Crippen molar-refractivity contribution in [1.29, 1.82) is 5.26 Å². The summed E-state index contributed by atoms with van der Waals surface area (Å²) in [5, 5.41) is 11.0. The Morgan fingerprint density at radius 2 is 2.22 bits per heavy atom. The fraction of sp³-hybridized carbons (Fsp3) is 0.412. The molecule has 1 saturated heterocycles. The summed E-state index contributed by atoms with van der Waals surface area (Å²) >= 11 is 1.80. The zero-order valence-corrected chi connectivity index (χ0v) is 14.0. The second-order valence-electron chi connectivity index (χ2n) is 5.57. The van der Waals surface area contributed by atoms with Crippen LogP contribution in [0.2, 0.25) is 0 Å². The molecule has 3 rings (SSSR count). The van der Waals surface area contributed by atoms with Gasteiger partial charge in [-0.25, -0.2) is 4.98 Å². The summed E-state index contributed by atoms with van der Waals surface area (Å²) in [5.74, 6) is 0. The van der Waals surface area contributed by atoms with Crippen LogP contribution in [-0.2, 0) is 4.74 Å². The van der Waals surface area contributed by atoms with E-state index in [0.29, 0.717) is 11.7 Å². The van der Waals surface area contributed by atoms with Crippen molar-refractivity contribution in [3.8, 4) is 6.07 Å². The lowest BCUT2D eigenvalue weighted by atomic mass is 10.1. The van der Waals surface area contributed by atoms with Crippen LogP contribution in [0.25, 0.3) is 0 Å². The Balaban J connectivity index is 1.75. The van der Waals surface area contributed by atoms with Crippen LogP contribution in [0.5, 0.6) is 0 Å². The second-order valence-corrected chi connectivity index (χ2v) is 6.55. The number of nitrogens with zero attached hydrogens (tertiary/aromatic N) is 4. The second kappa shape index (κ2) is 7.55. The number of rotatable bonds is 5. The maximum absolute atomic E-state index is 8.86. The minimum Gasteiger partial charge on any atom is -0.379 e. The van der Waals surface area contributed by atoms with Crippen molar-refractivity contribution in [3.05, 3.63) is 46.4 Å². The highest BCUT2D eigenvalue weighted by Crippen LogP contribution is 2.28. The molecular formula is C17H20N4OS. The molecule has 1 fully saturated rings. The molecule has 0 N–H and O–H groups in total. The minimum atomic E-state index is 0.347. The first-order chi connectivity index (χ1) is 11.3. The smallest absolute Gasteiger partial charge is 0.140 e. The van der Waals surface area contributed by atoms with Gasteiger partial charge in [0.25, 0.3) is 0 Å². The maximum atomic E-state index is 8.86. The quantitative estimate of drug-likeness (QED) is 0.844. The van der Waals surface area contributed by atoms with Crippen LogP contribution in [0.1, 0.15) is 16.6 Å². The monoisotopic (exact) mass is 328 g/mol. The predicted octanol–water partition coefficient (Wildman–Crippen LogP) is 2.52. The summed E-state index contributed by atoms with van der Waals surface area (Å²) in [6.07, 6.45) is 1.77. The molecule has 0 aromatic carbocycles. The van der Waals surface area contributed by atoms with Crippen molar-refractivity contribution in [2.45, 2.75) is 6.04 Å². The Morgan fingerprint density at radius 3 is 2.83 bits per heavy atom. The van der Waals surface area contributed by atoms with Gasteiger partial charge in [-0.1, -0.05) is 6.07 Å². The third kappa shape index (κ3) is 3.88. The van der Waals surface area contributed by atoms with E-state index in [0.717, 1.165) is 38.5 Å². The highest BCUT2D eigenvalue weighted by atomic mass is 32.1. The highest BCUT2D eigenvalue weighted by molar-refractivity contribution is 7.10. The van der Waals surface area contributed by atoms with Gasteiger partial charge in [0.05, 0.1) is 31.1 Å². The van der Waals surface area contributed by atoms with Gasteiger partial charge in [0.15, 0.2) is 0 Å². The molecule has 2 aromatic heterocycles. The highest BCUT2D eigenvalue weighted by Gasteiger charge is 2.24. The minimum absolute atomic E-state index is 0.347. The number of likely N-dealkylation sites (N-methyl/N-ethyl adjacent to an activating group) is 1. The van der Waals surface area contributed by atoms with Crippen molar-refractivity contribution >= 4 is 17.0 Å². The third-order valence-corrected chi connectivity index (χ3v) is 5.08. The van der Waals surface area contributed by atoms with Crippen molar-refractivity contribution in [1.82, 2.24) is 9.88 Å². The van der Waals surface area contributed by atoms with Crippen LogP contribution in [0.4, 0.5) is 5.69 Å². The normalized spacial score (nSPS) is 16.7. The Labute approximate surface area is 140 Å². The summed E-state index contributed by atoms with van der Waals surface area (Å²) in [6, 6.07) is 10.4. The SMILES string of the molecule is CN(C[C@H](c1cccs1)N1CCOCC1)c1ccc(C#N)nc1. The first-order valence-corrected chi connectivity index (χ1v) is 8.58. The van der Waals surface area contributed by atoms with E-state index in [1.54, 1.807) is 23.6 Å². The van der Waals surface area contributed by atoms with Gasteiger partial charge in [0.2, 0.25) is 0 Å². The molecule has 0 spiro atoms. The van der Waals surface area contributed by atoms with E-state index in [-0.39, 0.29) is 0 Å². The van der Waals surface area contributed by atoms with Crippen LogP contribution in [0.15, 0.2) is 35.8 Å². The van der Waals surface area contributed by atoms with Gasteiger partial charge in [-0.3, -0.25) is 4.90 Å². The van der Waals surface area contributed by atoms with E-state index in [9.17, 15) is 0 Å². The van der Waals surface area contributed by atoms with Gasteiger partial charge >= 0.3 is 0 Å². The summed E-state index contributed by atoms with van der Waals surface area (Å²) in [4.78, 5) is 10.2. The standard InChI is InChI=1S/C17H20N4OS/c1-20(15-5-4-14(11-18)19-12-15)13-16(17-3-2-10-23-17)21-6-8-22-9-7-21/h2-5,10,12,16H,6-9,13H2,1H3/t16-/m1/s1. The van der Waals surface area contributed by atoms with Gasteiger partial charge in [-0.15, -0.1) is 11.3 Å². The molecule has 3 heterocycles. The van der Waals surface area contributed by atoms with Crippen molar-refractivity contribution in [3.63, 3.8) is 0 Å². The molecular weight excluding hydrogens is 308 g/mol. The number of hydrogen-bond donors (Lipinski definition) is 0. The molecule has 0 bridgehead atoms. The molecule has 1 atom stereocenters. The zero-order valence-electron chi connectivity index (χ0n) is 13.2. The number of morpholine rings is 1. The number of anilines is 1. The molecule has 1 aliphatic rings. The van der Waals surface area contributed by atoms with Crippen LogP contribution in [-0.4, -0.2) is 49.8 Å². The number of ether oxygens (including phenoxy) is 1. The molecule has 0 unspecified atom stereocenters. The van der Waals surface area contributed by atoms with Gasteiger partial charge in [-0.2, -0.15) is 5.26 Å². The van der Waals surface area contributed by atoms with Gasteiger partial charge < -0.3 is 9.64 Å². The van der Waals surface area contributed by atoms with E-state index in [2.05, 4.69) is 45.4 Å². The molecule has 5 nitrogen and oxygen atoms in total. The Hall–Kier alpha value is -1.94. The number of hydrogen-bond acceptors (Lipinski definition) is 6. The van der Waals surface area contributed by atoms with Gasteiger partial charge in [-0.05, 0) is 23.6 Å². The summed E-state index contributed by atoms with van der Waals surface area (Å²) in [6.45, 7) is 4.40. The Bertz CT molecular complexity index is 644. The van der Waals surface area contributed by atoms with Crippen LogP contribution in [0.3, 0.4) is 0 Å². The molecule has 23 heavy (non-hydrogen) atoms. The molecule has 0 saturated carbocycles. The number of nitriles is 1. The average molecular weight is 328 g/mol. The maximum Gasteiger partial charge on any atom is 0.140 e. The van der Waals surface area contributed by atoms with Crippen LogP contribution in [0, 0.1) is 11.3 Å². The lowest BCUT2D eigenvalue weighted by Crippen LogP contribution is -2.43. The van der Waals surface area contributed by atoms with Crippen LogP contribution < -0.4 is 4.90 Å². The van der Waals surface area contributed by atoms with E-state index in [4.69, 9.17) is 10.00 Å². The van der Waals surface area contributed by atoms with E-state index < -0.39 is 0 Å². The summed E-state index contributed by atoms with van der Waals surface area (Å²) in [5.41, 5.74) is 1.48. The van der Waals surface area contributed by atoms with E-state index in [1.165, 1.54) is 4.88 Å². The van der Waals surface area contributed by atoms with E-state index in [1.807, 2.05) is 6.07 Å². The van der Waals surface area contributed by atoms with Gasteiger partial charge in [0, 0.05) is 31.6 Å². The molecule has 2 aromatic rings. The molecule has 6 heteroatoms. The molecule has 1 aliphatic heterocycles. The van der Waals surface area contributed by atoms with Crippen molar-refractivity contribution in [2.24, 2.45) is 0 Å². The largest absolute Gasteiger partial charge is 0.379 e. The topological polar surface area (TPSA) is 52.4 Å². The Kier molecular flexibility index (Phi) is 5.23. The summed E-state index contributed by atoms with van der Waals surface area (Å²) in [7, 11) is 2.07. The first kappa shape index (κ1) is 15.9. The number of aromatic nitrogens is 1. The van der Waals surface area contributed by atoms with Crippen molar-refractivity contribution < 1.29 is 4.74 Å². The molecule has 120 valence electrons. The molecule has 0 radical (unpaired) electrons. The first-order valence-electron chi connectivity index (χ1n) is 7.70. The zero-order chi connectivity index (χ0) is 16.1. The van der Waals surface area contributed by atoms with Gasteiger partial charge in [0.1, 0.15) is 11.8 Å². The fourth-order valence-corrected chi connectivity index (χ4v) is 3.65. The molecule has 0 aliphatic carbocycles. The lowest BCUT2D eigenvalue weighted by Gasteiger charge is -2.36. The van der Waals surface area contributed by atoms with Crippen molar-refractivity contribution in [2.75, 3.05) is 44.8 Å².